The minimum Gasteiger partial charge on any atom is -0.476 e. The van der Waals surface area contributed by atoms with Crippen LogP contribution in [-0.4, -0.2) is 28.5 Å². The molecular formula is C23H23Cl2N3O2. The third-order valence-corrected chi connectivity index (χ3v) is 4.90. The Kier molecular flexibility index (Phi) is 6.95. The van der Waals surface area contributed by atoms with Gasteiger partial charge in [0.1, 0.15) is 5.69 Å². The minimum atomic E-state index is -0.588. The molecule has 0 radical (unpaired) electrons. The molecule has 7 heteroatoms. The van der Waals surface area contributed by atoms with Crippen LogP contribution in [0.2, 0.25) is 5.02 Å². The fraction of sp³-hybridized carbons (Fsp3) is 0.261. The topological polar surface area (TPSA) is 64.1 Å². The molecule has 0 saturated heterocycles. The molecule has 0 spiro atoms. The standard InChI is InChI=1S/C23H23Cl2N3O2/c1-15-4-6-16(7-5-15)20-21(17-8-10-18(24)11-9-17)28-19(12-26-20)30-14-23(2,3)13-27-22(25)29/h4-12H,13-14H2,1-3H3,(H,27,29). The van der Waals surface area contributed by atoms with Gasteiger partial charge in [-0.1, -0.05) is 67.4 Å². The molecule has 0 saturated carbocycles. The van der Waals surface area contributed by atoms with Crippen molar-refractivity contribution in [1.29, 1.82) is 0 Å². The first-order valence-electron chi connectivity index (χ1n) is 9.50. The molecule has 2 aromatic carbocycles. The molecular weight excluding hydrogens is 421 g/mol. The predicted molar refractivity (Wildman–Crippen MR) is 121 cm³/mol. The molecule has 30 heavy (non-hydrogen) atoms. The Morgan fingerprint density at radius 3 is 2.27 bits per heavy atom. The van der Waals surface area contributed by atoms with E-state index in [9.17, 15) is 4.79 Å². The largest absolute Gasteiger partial charge is 0.476 e. The van der Waals surface area contributed by atoms with E-state index in [-0.39, 0.29) is 5.41 Å². The Labute approximate surface area is 186 Å². The van der Waals surface area contributed by atoms with Crippen molar-refractivity contribution in [3.8, 4) is 28.4 Å². The molecule has 5 nitrogen and oxygen atoms in total. The first kappa shape index (κ1) is 22.1. The molecule has 0 unspecified atom stereocenters. The Morgan fingerprint density at radius 1 is 1.03 bits per heavy atom. The van der Waals surface area contributed by atoms with Crippen LogP contribution in [0.5, 0.6) is 5.88 Å². The monoisotopic (exact) mass is 443 g/mol. The lowest BCUT2D eigenvalue weighted by atomic mass is 9.95. The molecule has 0 atom stereocenters. The van der Waals surface area contributed by atoms with Crippen molar-refractivity contribution in [2.24, 2.45) is 5.41 Å². The van der Waals surface area contributed by atoms with Crippen molar-refractivity contribution in [3.05, 3.63) is 65.3 Å². The van der Waals surface area contributed by atoms with Crippen molar-refractivity contribution >= 4 is 28.6 Å². The van der Waals surface area contributed by atoms with Crippen LogP contribution in [-0.2, 0) is 0 Å². The summed E-state index contributed by atoms with van der Waals surface area (Å²) in [6.07, 6.45) is 1.62. The summed E-state index contributed by atoms with van der Waals surface area (Å²) in [5, 5.41) is 2.66. The van der Waals surface area contributed by atoms with Crippen molar-refractivity contribution in [2.45, 2.75) is 20.8 Å². The fourth-order valence-electron chi connectivity index (χ4n) is 2.80. The zero-order valence-corrected chi connectivity index (χ0v) is 18.6. The molecule has 1 N–H and O–H groups in total. The van der Waals surface area contributed by atoms with Crippen LogP contribution in [0.25, 0.3) is 22.5 Å². The zero-order chi connectivity index (χ0) is 21.7. The lowest BCUT2D eigenvalue weighted by Crippen LogP contribution is -2.35. The van der Waals surface area contributed by atoms with E-state index in [0.29, 0.717) is 29.7 Å². The number of nitrogens with one attached hydrogen (secondary N) is 1. The molecule has 0 aliphatic carbocycles. The summed E-state index contributed by atoms with van der Waals surface area (Å²) in [6.45, 7) is 6.69. The van der Waals surface area contributed by atoms with Gasteiger partial charge in [0.15, 0.2) is 0 Å². The van der Waals surface area contributed by atoms with E-state index in [4.69, 9.17) is 32.9 Å². The number of nitrogens with zero attached hydrogens (tertiary/aromatic N) is 2. The first-order valence-corrected chi connectivity index (χ1v) is 10.3. The Bertz CT molecular complexity index is 1020. The maximum absolute atomic E-state index is 11.0. The van der Waals surface area contributed by atoms with Gasteiger partial charge < -0.3 is 10.1 Å². The predicted octanol–water partition coefficient (Wildman–Crippen LogP) is 6.13. The van der Waals surface area contributed by atoms with Gasteiger partial charge in [-0.2, -0.15) is 0 Å². The highest BCUT2D eigenvalue weighted by molar-refractivity contribution is 6.62. The number of ether oxygens (including phenoxy) is 1. The Morgan fingerprint density at radius 2 is 1.63 bits per heavy atom. The summed E-state index contributed by atoms with van der Waals surface area (Å²) in [6, 6.07) is 15.6. The lowest BCUT2D eigenvalue weighted by Gasteiger charge is -2.24. The molecule has 1 amide bonds. The number of aromatic nitrogens is 2. The quantitative estimate of drug-likeness (QED) is 0.352. The van der Waals surface area contributed by atoms with E-state index >= 15 is 0 Å². The van der Waals surface area contributed by atoms with Gasteiger partial charge in [0.2, 0.25) is 5.88 Å². The average Bonchev–Trinajstić information content (AvgIpc) is 2.72. The van der Waals surface area contributed by atoms with E-state index in [1.54, 1.807) is 6.20 Å². The number of carbonyl (C=O) groups is 1. The van der Waals surface area contributed by atoms with E-state index in [0.717, 1.165) is 16.8 Å². The summed E-state index contributed by atoms with van der Waals surface area (Å²) in [5.41, 5.74) is 4.17. The normalized spacial score (nSPS) is 11.2. The lowest BCUT2D eigenvalue weighted by molar-refractivity contribution is 0.172. The number of benzene rings is 2. The second-order valence-corrected chi connectivity index (χ2v) is 8.64. The minimum absolute atomic E-state index is 0.331. The Balaban J connectivity index is 1.91. The number of halogens is 2. The molecule has 0 aliphatic rings. The number of amides is 1. The van der Waals surface area contributed by atoms with Crippen LogP contribution in [0.3, 0.4) is 0 Å². The van der Waals surface area contributed by atoms with Gasteiger partial charge in [0.05, 0.1) is 18.5 Å². The van der Waals surface area contributed by atoms with Gasteiger partial charge in [-0.15, -0.1) is 0 Å². The van der Waals surface area contributed by atoms with Gasteiger partial charge in [-0.25, -0.2) is 9.97 Å². The van der Waals surface area contributed by atoms with Gasteiger partial charge in [0, 0.05) is 28.1 Å². The van der Waals surface area contributed by atoms with E-state index < -0.39 is 5.37 Å². The maximum Gasteiger partial charge on any atom is 0.313 e. The summed E-state index contributed by atoms with van der Waals surface area (Å²) in [7, 11) is 0. The Hall–Kier alpha value is -2.63. The molecule has 3 aromatic rings. The molecule has 1 aromatic heterocycles. The van der Waals surface area contributed by atoms with E-state index in [1.165, 1.54) is 5.56 Å². The molecule has 1 heterocycles. The van der Waals surface area contributed by atoms with Crippen LogP contribution in [0.15, 0.2) is 54.7 Å². The highest BCUT2D eigenvalue weighted by Crippen LogP contribution is 2.31. The second-order valence-electron chi connectivity index (χ2n) is 7.86. The maximum atomic E-state index is 11.0. The van der Waals surface area contributed by atoms with E-state index in [2.05, 4.69) is 10.3 Å². The molecule has 156 valence electrons. The highest BCUT2D eigenvalue weighted by Gasteiger charge is 2.21. The summed E-state index contributed by atoms with van der Waals surface area (Å²) in [4.78, 5) is 20.3. The number of rotatable bonds is 7. The number of hydrogen-bond acceptors (Lipinski definition) is 4. The van der Waals surface area contributed by atoms with Gasteiger partial charge in [-0.05, 0) is 30.7 Å². The number of hydrogen-bond donors (Lipinski definition) is 1. The van der Waals surface area contributed by atoms with Crippen LogP contribution in [0.1, 0.15) is 19.4 Å². The third kappa shape index (κ3) is 5.94. The molecule has 3 rings (SSSR count). The SMILES string of the molecule is Cc1ccc(-c2ncc(OCC(C)(C)CNC(=O)Cl)nc2-c2ccc(Cl)cc2)cc1. The van der Waals surface area contributed by atoms with Crippen LogP contribution in [0, 0.1) is 12.3 Å². The van der Waals surface area contributed by atoms with Crippen molar-refractivity contribution < 1.29 is 9.53 Å². The third-order valence-electron chi connectivity index (χ3n) is 4.51. The van der Waals surface area contributed by atoms with Gasteiger partial charge >= 0.3 is 5.37 Å². The number of carbonyl (C=O) groups excluding carboxylic acids is 1. The van der Waals surface area contributed by atoms with Crippen LogP contribution < -0.4 is 10.1 Å². The molecule has 0 bridgehead atoms. The smallest absolute Gasteiger partial charge is 0.313 e. The number of aryl methyl sites for hydroxylation is 1. The second kappa shape index (κ2) is 9.45. The van der Waals surface area contributed by atoms with Crippen LogP contribution in [0.4, 0.5) is 4.79 Å². The summed E-state index contributed by atoms with van der Waals surface area (Å²) in [5.74, 6) is 0.404. The molecule has 0 fully saturated rings. The van der Waals surface area contributed by atoms with Gasteiger partial charge in [0.25, 0.3) is 0 Å². The summed E-state index contributed by atoms with van der Waals surface area (Å²) < 4.78 is 5.90. The average molecular weight is 444 g/mol. The van der Waals surface area contributed by atoms with Crippen LogP contribution >= 0.6 is 23.2 Å². The van der Waals surface area contributed by atoms with Crippen molar-refractivity contribution in [2.75, 3.05) is 13.2 Å². The van der Waals surface area contributed by atoms with Crippen molar-refractivity contribution in [1.82, 2.24) is 15.3 Å². The van der Waals surface area contributed by atoms with Gasteiger partial charge in [-0.3, -0.25) is 4.79 Å². The highest BCUT2D eigenvalue weighted by atomic mass is 35.5. The van der Waals surface area contributed by atoms with E-state index in [1.807, 2.05) is 69.3 Å². The molecule has 0 aliphatic heterocycles. The fourth-order valence-corrected chi connectivity index (χ4v) is 3.00. The first-order chi connectivity index (χ1) is 14.2. The summed E-state index contributed by atoms with van der Waals surface area (Å²) >= 11 is 11.4. The van der Waals surface area contributed by atoms with Crippen molar-refractivity contribution in [3.63, 3.8) is 0 Å². The zero-order valence-electron chi connectivity index (χ0n) is 17.1.